The van der Waals surface area contributed by atoms with Gasteiger partial charge in [0.05, 0.1) is 17.2 Å². The summed E-state index contributed by atoms with van der Waals surface area (Å²) in [5, 5.41) is 4.33. The first-order chi connectivity index (χ1) is 12.4. The fourth-order valence-electron chi connectivity index (χ4n) is 2.58. The predicted molar refractivity (Wildman–Crippen MR) is 103 cm³/mol. The normalized spacial score (nSPS) is 11.0. The lowest BCUT2D eigenvalue weighted by Crippen LogP contribution is -2.00. The van der Waals surface area contributed by atoms with E-state index >= 15 is 0 Å². The van der Waals surface area contributed by atoms with E-state index in [1.165, 1.54) is 0 Å². The second-order valence-corrected chi connectivity index (χ2v) is 5.56. The van der Waals surface area contributed by atoms with Crippen molar-refractivity contribution in [2.45, 2.75) is 0 Å². The Morgan fingerprint density at radius 3 is 2.00 bits per heavy atom. The molecule has 0 radical (unpaired) electrons. The summed E-state index contributed by atoms with van der Waals surface area (Å²) in [5.41, 5.74) is 7.54. The van der Waals surface area contributed by atoms with Gasteiger partial charge in [-0.25, -0.2) is 9.97 Å². The number of fused-ring (bicyclic) bond motifs is 1. The van der Waals surface area contributed by atoms with Crippen molar-refractivity contribution in [2.24, 2.45) is 5.10 Å². The quantitative estimate of drug-likeness (QED) is 0.435. The fraction of sp³-hybridized carbons (Fsp3) is 0. The summed E-state index contributed by atoms with van der Waals surface area (Å²) in [7, 11) is 0. The first kappa shape index (κ1) is 15.0. The molecule has 0 fully saturated rings. The van der Waals surface area contributed by atoms with E-state index in [1.807, 2.05) is 84.9 Å². The van der Waals surface area contributed by atoms with Crippen molar-refractivity contribution in [3.63, 3.8) is 0 Å². The number of rotatable bonds is 4. The van der Waals surface area contributed by atoms with Crippen LogP contribution in [0.2, 0.25) is 0 Å². The first-order valence-corrected chi connectivity index (χ1v) is 8.06. The van der Waals surface area contributed by atoms with Crippen LogP contribution in [0.1, 0.15) is 5.56 Å². The van der Waals surface area contributed by atoms with Crippen LogP contribution in [-0.4, -0.2) is 16.2 Å². The molecule has 0 bridgehead atoms. The first-order valence-electron chi connectivity index (χ1n) is 8.06. The minimum atomic E-state index is 0.636. The summed E-state index contributed by atoms with van der Waals surface area (Å²) >= 11 is 0. The number of hydrogen-bond donors (Lipinski definition) is 1. The van der Waals surface area contributed by atoms with Crippen LogP contribution in [0, 0.1) is 0 Å². The van der Waals surface area contributed by atoms with Crippen LogP contribution >= 0.6 is 0 Å². The minimum Gasteiger partial charge on any atom is -0.260 e. The van der Waals surface area contributed by atoms with Gasteiger partial charge in [0, 0.05) is 5.56 Å². The van der Waals surface area contributed by atoms with Gasteiger partial charge in [-0.15, -0.1) is 0 Å². The highest BCUT2D eigenvalue weighted by atomic mass is 15.3. The molecular weight excluding hydrogens is 308 g/mol. The molecule has 0 aliphatic carbocycles. The second kappa shape index (κ2) is 6.93. The van der Waals surface area contributed by atoms with Gasteiger partial charge in [-0.05, 0) is 17.7 Å². The summed E-state index contributed by atoms with van der Waals surface area (Å²) in [4.78, 5) is 9.47. The third-order valence-corrected chi connectivity index (χ3v) is 3.80. The number of hydrogen-bond acceptors (Lipinski definition) is 4. The maximum absolute atomic E-state index is 4.77. The van der Waals surface area contributed by atoms with Crippen molar-refractivity contribution < 1.29 is 0 Å². The molecule has 1 N–H and O–H groups in total. The Bertz CT molecular complexity index is 1010. The molecule has 4 aromatic rings. The number of nitrogens with one attached hydrogen (secondary N) is 1. The summed E-state index contributed by atoms with van der Waals surface area (Å²) in [6.07, 6.45) is 1.77. The minimum absolute atomic E-state index is 0.636. The van der Waals surface area contributed by atoms with E-state index in [9.17, 15) is 0 Å². The van der Waals surface area contributed by atoms with Gasteiger partial charge < -0.3 is 0 Å². The van der Waals surface area contributed by atoms with Crippen LogP contribution in [0.5, 0.6) is 0 Å². The van der Waals surface area contributed by atoms with Gasteiger partial charge in [-0.3, -0.25) is 5.43 Å². The van der Waals surface area contributed by atoms with E-state index < -0.39 is 0 Å². The molecular formula is C21H16N4. The summed E-state index contributed by atoms with van der Waals surface area (Å²) < 4.78 is 0. The topological polar surface area (TPSA) is 50.2 Å². The molecule has 0 amide bonds. The number of aromatic nitrogens is 2. The molecule has 25 heavy (non-hydrogen) atoms. The Labute approximate surface area is 145 Å². The molecule has 1 heterocycles. The zero-order chi connectivity index (χ0) is 16.9. The number of nitrogens with zero attached hydrogens (tertiary/aromatic N) is 3. The molecule has 3 aromatic carbocycles. The lowest BCUT2D eigenvalue weighted by molar-refractivity contribution is 1.22. The molecule has 0 unspecified atom stereocenters. The largest absolute Gasteiger partial charge is 0.260 e. The predicted octanol–water partition coefficient (Wildman–Crippen LogP) is 4.74. The Kier molecular flexibility index (Phi) is 4.16. The van der Waals surface area contributed by atoms with E-state index in [4.69, 9.17) is 9.97 Å². The standard InChI is InChI=1S/C21H16N4/c1-3-9-16(10-4-1)15-22-25-21-20(17-11-5-2-6-12-17)23-18-13-7-8-14-19(18)24-21/h1-15H,(H,24,25)/b22-15-. The van der Waals surface area contributed by atoms with Crippen LogP contribution in [0.25, 0.3) is 22.3 Å². The highest BCUT2D eigenvalue weighted by molar-refractivity contribution is 5.84. The average molecular weight is 324 g/mol. The van der Waals surface area contributed by atoms with Crippen molar-refractivity contribution in [3.05, 3.63) is 90.5 Å². The maximum atomic E-state index is 4.77. The van der Waals surface area contributed by atoms with Crippen LogP contribution < -0.4 is 5.43 Å². The summed E-state index contributed by atoms with van der Waals surface area (Å²) in [6.45, 7) is 0. The maximum Gasteiger partial charge on any atom is 0.173 e. The second-order valence-electron chi connectivity index (χ2n) is 5.56. The Morgan fingerprint density at radius 1 is 0.680 bits per heavy atom. The highest BCUT2D eigenvalue weighted by Gasteiger charge is 2.10. The average Bonchev–Trinajstić information content (AvgIpc) is 2.69. The van der Waals surface area contributed by atoms with Gasteiger partial charge in [-0.1, -0.05) is 72.8 Å². The molecule has 4 heteroatoms. The molecule has 0 aliphatic rings. The lowest BCUT2D eigenvalue weighted by Gasteiger charge is -2.09. The van der Waals surface area contributed by atoms with Crippen molar-refractivity contribution in [1.29, 1.82) is 0 Å². The summed E-state index contributed by atoms with van der Waals surface area (Å²) in [6, 6.07) is 27.8. The Balaban J connectivity index is 1.74. The van der Waals surface area contributed by atoms with E-state index in [0.29, 0.717) is 5.82 Å². The van der Waals surface area contributed by atoms with Crippen LogP contribution in [0.4, 0.5) is 5.82 Å². The third kappa shape index (κ3) is 3.38. The van der Waals surface area contributed by atoms with Crippen LogP contribution in [-0.2, 0) is 0 Å². The van der Waals surface area contributed by atoms with Crippen molar-refractivity contribution >= 4 is 23.1 Å². The number of benzene rings is 3. The number of hydrazone groups is 1. The molecule has 0 spiro atoms. The van der Waals surface area contributed by atoms with Crippen molar-refractivity contribution in [1.82, 2.24) is 9.97 Å². The lowest BCUT2D eigenvalue weighted by atomic mass is 10.1. The van der Waals surface area contributed by atoms with Gasteiger partial charge >= 0.3 is 0 Å². The molecule has 120 valence electrons. The monoisotopic (exact) mass is 324 g/mol. The highest BCUT2D eigenvalue weighted by Crippen LogP contribution is 2.26. The number of para-hydroxylation sites is 2. The molecule has 0 aliphatic heterocycles. The Morgan fingerprint density at radius 2 is 1.28 bits per heavy atom. The van der Waals surface area contributed by atoms with E-state index in [0.717, 1.165) is 27.9 Å². The van der Waals surface area contributed by atoms with Gasteiger partial charge in [0.1, 0.15) is 5.69 Å². The third-order valence-electron chi connectivity index (χ3n) is 3.80. The molecule has 1 aromatic heterocycles. The van der Waals surface area contributed by atoms with Crippen LogP contribution in [0.3, 0.4) is 0 Å². The molecule has 4 nitrogen and oxygen atoms in total. The smallest absolute Gasteiger partial charge is 0.173 e. The fourth-order valence-corrected chi connectivity index (χ4v) is 2.58. The van der Waals surface area contributed by atoms with Crippen molar-refractivity contribution in [2.75, 3.05) is 5.43 Å². The van der Waals surface area contributed by atoms with Gasteiger partial charge in [0.2, 0.25) is 0 Å². The van der Waals surface area contributed by atoms with E-state index in [2.05, 4.69) is 10.5 Å². The van der Waals surface area contributed by atoms with Gasteiger partial charge in [0.25, 0.3) is 0 Å². The zero-order valence-electron chi connectivity index (χ0n) is 13.5. The van der Waals surface area contributed by atoms with Gasteiger partial charge in [0.15, 0.2) is 5.82 Å². The molecule has 4 rings (SSSR count). The molecule has 0 saturated heterocycles. The van der Waals surface area contributed by atoms with Gasteiger partial charge in [-0.2, -0.15) is 5.10 Å². The van der Waals surface area contributed by atoms with Crippen molar-refractivity contribution in [3.8, 4) is 11.3 Å². The SMILES string of the molecule is C(=N/Nc1nc2ccccc2nc1-c1ccccc1)/c1ccccc1. The van der Waals surface area contributed by atoms with Crippen LogP contribution in [0.15, 0.2) is 90.0 Å². The van der Waals surface area contributed by atoms with E-state index in [1.54, 1.807) is 6.21 Å². The zero-order valence-corrected chi connectivity index (χ0v) is 13.5. The Hall–Kier alpha value is -3.53. The molecule has 0 atom stereocenters. The molecule has 0 saturated carbocycles. The van der Waals surface area contributed by atoms with E-state index in [-0.39, 0.29) is 0 Å². The summed E-state index contributed by atoms with van der Waals surface area (Å²) in [5.74, 6) is 0.636. The number of anilines is 1.